The Morgan fingerprint density at radius 2 is 2.50 bits per heavy atom. The Balaban J connectivity index is 2.30. The third-order valence-corrected chi connectivity index (χ3v) is 2.69. The number of piperidine rings is 1. The molecule has 1 fully saturated rings. The van der Waals surface area contributed by atoms with Crippen molar-refractivity contribution in [2.24, 2.45) is 4.99 Å². The molecule has 1 saturated heterocycles. The molecule has 1 atom stereocenters. The fourth-order valence-corrected chi connectivity index (χ4v) is 1.97. The molecule has 0 aliphatic carbocycles. The molecule has 1 unspecified atom stereocenters. The van der Waals surface area contributed by atoms with Crippen molar-refractivity contribution in [3.63, 3.8) is 0 Å². The van der Waals surface area contributed by atoms with Crippen molar-refractivity contribution >= 4 is 17.3 Å². The van der Waals surface area contributed by atoms with Gasteiger partial charge >= 0.3 is 0 Å². The van der Waals surface area contributed by atoms with E-state index >= 15 is 0 Å². The normalized spacial score (nSPS) is 25.8. The van der Waals surface area contributed by atoms with Gasteiger partial charge in [0.1, 0.15) is 0 Å². The maximum atomic E-state index is 11.3. The molecule has 0 aromatic rings. The molecule has 0 bridgehead atoms. The molecule has 0 radical (unpaired) electrons. The van der Waals surface area contributed by atoms with Crippen molar-refractivity contribution in [3.05, 3.63) is 12.3 Å². The average molecular weight is 191 g/mol. The van der Waals surface area contributed by atoms with Crippen LogP contribution in [0.15, 0.2) is 17.3 Å². The molecular formula is C10H13N3O. The highest BCUT2D eigenvalue weighted by molar-refractivity contribution is 6.44. The van der Waals surface area contributed by atoms with Crippen LogP contribution in [0, 0.1) is 5.41 Å². The molecule has 2 aliphatic rings. The van der Waals surface area contributed by atoms with E-state index in [1.54, 1.807) is 18.0 Å². The van der Waals surface area contributed by atoms with Crippen molar-refractivity contribution in [1.82, 2.24) is 4.90 Å². The zero-order chi connectivity index (χ0) is 10.1. The van der Waals surface area contributed by atoms with E-state index in [1.165, 1.54) is 0 Å². The van der Waals surface area contributed by atoms with Gasteiger partial charge in [-0.2, -0.15) is 0 Å². The second-order valence-electron chi connectivity index (χ2n) is 3.59. The van der Waals surface area contributed by atoms with Gasteiger partial charge < -0.3 is 10.3 Å². The number of fused-ring (bicyclic) bond motifs is 1. The Bertz CT molecular complexity index is 343. The molecule has 0 spiro atoms. The number of nitrogens with one attached hydrogen (secondary N) is 1. The summed E-state index contributed by atoms with van der Waals surface area (Å²) in [6, 6.07) is 0.0127. The molecule has 4 heteroatoms. The van der Waals surface area contributed by atoms with E-state index in [-0.39, 0.29) is 11.9 Å². The van der Waals surface area contributed by atoms with E-state index in [1.807, 2.05) is 6.08 Å². The lowest BCUT2D eigenvalue weighted by Gasteiger charge is -2.36. The number of aliphatic imine (C=N–C) groups is 1. The molecule has 2 heterocycles. The average Bonchev–Trinajstić information content (AvgIpc) is 2.18. The van der Waals surface area contributed by atoms with E-state index in [0.717, 1.165) is 12.1 Å². The van der Waals surface area contributed by atoms with E-state index in [9.17, 15) is 4.79 Å². The first kappa shape index (κ1) is 9.12. The number of nitrogens with zero attached hydrogens (tertiary/aromatic N) is 2. The van der Waals surface area contributed by atoms with E-state index in [4.69, 9.17) is 5.41 Å². The molecule has 0 aromatic carbocycles. The molecule has 74 valence electrons. The topological polar surface area (TPSA) is 56.5 Å². The van der Waals surface area contributed by atoms with Gasteiger partial charge in [0.2, 0.25) is 5.91 Å². The van der Waals surface area contributed by atoms with Gasteiger partial charge in [0.05, 0.1) is 17.5 Å². The summed E-state index contributed by atoms with van der Waals surface area (Å²) in [5.74, 6) is 0.0745. The summed E-state index contributed by atoms with van der Waals surface area (Å²) in [4.78, 5) is 17.3. The van der Waals surface area contributed by atoms with E-state index in [2.05, 4.69) is 4.99 Å². The van der Waals surface area contributed by atoms with Crippen molar-refractivity contribution in [3.8, 4) is 0 Å². The standard InChI is InChI=1S/C10H13N3O/c1-7(14)13-6-4-8(11)10-9(13)3-2-5-12-10/h2,5,9,11H,3-4,6H2,1H3. The van der Waals surface area contributed by atoms with Crippen molar-refractivity contribution < 1.29 is 4.79 Å². The summed E-state index contributed by atoms with van der Waals surface area (Å²) in [6.07, 6.45) is 5.09. The lowest BCUT2D eigenvalue weighted by molar-refractivity contribution is -0.129. The van der Waals surface area contributed by atoms with E-state index in [0.29, 0.717) is 18.7 Å². The summed E-state index contributed by atoms with van der Waals surface area (Å²) in [5.41, 5.74) is 1.35. The van der Waals surface area contributed by atoms with Crippen LogP contribution in [0.4, 0.5) is 0 Å². The molecule has 0 saturated carbocycles. The Kier molecular flexibility index (Phi) is 2.19. The van der Waals surface area contributed by atoms with Gasteiger partial charge in [0.15, 0.2) is 0 Å². The van der Waals surface area contributed by atoms with Crippen LogP contribution in [0.25, 0.3) is 0 Å². The van der Waals surface area contributed by atoms with Crippen LogP contribution >= 0.6 is 0 Å². The number of carbonyl (C=O) groups excluding carboxylic acids is 1. The fraction of sp³-hybridized carbons (Fsp3) is 0.500. The van der Waals surface area contributed by atoms with Crippen LogP contribution in [0.5, 0.6) is 0 Å². The van der Waals surface area contributed by atoms with Gasteiger partial charge in [-0.3, -0.25) is 9.79 Å². The molecule has 14 heavy (non-hydrogen) atoms. The molecular weight excluding hydrogens is 178 g/mol. The smallest absolute Gasteiger partial charge is 0.220 e. The quantitative estimate of drug-likeness (QED) is 0.609. The largest absolute Gasteiger partial charge is 0.334 e. The molecule has 4 nitrogen and oxygen atoms in total. The predicted molar refractivity (Wildman–Crippen MR) is 54.7 cm³/mol. The van der Waals surface area contributed by atoms with Crippen LogP contribution in [-0.2, 0) is 4.79 Å². The minimum absolute atomic E-state index is 0.0127. The SMILES string of the molecule is CC(=O)N1CCC(=N)C2=NC=CCC21. The number of amides is 1. The van der Waals surface area contributed by atoms with Crippen LogP contribution in [0.1, 0.15) is 19.8 Å². The van der Waals surface area contributed by atoms with Crippen LogP contribution in [-0.4, -0.2) is 34.8 Å². The molecule has 2 aliphatic heterocycles. The van der Waals surface area contributed by atoms with Crippen LogP contribution < -0.4 is 0 Å². The Morgan fingerprint density at radius 3 is 3.21 bits per heavy atom. The summed E-state index contributed by atoms with van der Waals surface area (Å²) < 4.78 is 0. The summed E-state index contributed by atoms with van der Waals surface area (Å²) in [6.45, 7) is 2.23. The van der Waals surface area contributed by atoms with Gasteiger partial charge in [-0.1, -0.05) is 6.08 Å². The maximum Gasteiger partial charge on any atom is 0.220 e. The Labute approximate surface area is 82.8 Å². The summed E-state index contributed by atoms with van der Waals surface area (Å²) in [5, 5.41) is 7.74. The Morgan fingerprint density at radius 1 is 1.71 bits per heavy atom. The second-order valence-corrected chi connectivity index (χ2v) is 3.59. The monoisotopic (exact) mass is 191 g/mol. The van der Waals surface area contributed by atoms with Crippen molar-refractivity contribution in [2.75, 3.05) is 6.54 Å². The lowest BCUT2D eigenvalue weighted by atomic mass is 9.93. The highest BCUT2D eigenvalue weighted by Gasteiger charge is 2.32. The molecule has 0 aromatic heterocycles. The number of rotatable bonds is 0. The van der Waals surface area contributed by atoms with Gasteiger partial charge in [-0.25, -0.2) is 0 Å². The van der Waals surface area contributed by atoms with Crippen molar-refractivity contribution in [1.29, 1.82) is 5.41 Å². The first-order valence-electron chi connectivity index (χ1n) is 4.78. The number of hydrogen-bond donors (Lipinski definition) is 1. The summed E-state index contributed by atoms with van der Waals surface area (Å²) in [7, 11) is 0. The van der Waals surface area contributed by atoms with E-state index < -0.39 is 0 Å². The third-order valence-electron chi connectivity index (χ3n) is 2.69. The number of likely N-dealkylation sites (tertiary alicyclic amines) is 1. The molecule has 1 amide bonds. The predicted octanol–water partition coefficient (Wildman–Crippen LogP) is 0.985. The van der Waals surface area contributed by atoms with Crippen LogP contribution in [0.2, 0.25) is 0 Å². The molecule has 2 rings (SSSR count). The number of carbonyl (C=O) groups is 1. The summed E-state index contributed by atoms with van der Waals surface area (Å²) >= 11 is 0. The third kappa shape index (κ3) is 1.36. The lowest BCUT2D eigenvalue weighted by Crippen LogP contribution is -2.52. The maximum absolute atomic E-state index is 11.3. The van der Waals surface area contributed by atoms with Crippen molar-refractivity contribution in [2.45, 2.75) is 25.8 Å². The number of hydrogen-bond acceptors (Lipinski definition) is 3. The van der Waals surface area contributed by atoms with Gasteiger partial charge in [0.25, 0.3) is 0 Å². The van der Waals surface area contributed by atoms with Gasteiger partial charge in [-0.05, 0) is 6.42 Å². The van der Waals surface area contributed by atoms with Crippen LogP contribution in [0.3, 0.4) is 0 Å². The Hall–Kier alpha value is -1.45. The fourth-order valence-electron chi connectivity index (χ4n) is 1.97. The van der Waals surface area contributed by atoms with Gasteiger partial charge in [-0.15, -0.1) is 0 Å². The zero-order valence-electron chi connectivity index (χ0n) is 8.16. The minimum atomic E-state index is 0.0127. The van der Waals surface area contributed by atoms with Gasteiger partial charge in [0, 0.05) is 26.1 Å². The first-order chi connectivity index (χ1) is 6.70. The second kappa shape index (κ2) is 3.36. The zero-order valence-corrected chi connectivity index (χ0v) is 8.16. The molecule has 1 N–H and O–H groups in total. The first-order valence-corrected chi connectivity index (χ1v) is 4.78. The highest BCUT2D eigenvalue weighted by atomic mass is 16.2. The highest BCUT2D eigenvalue weighted by Crippen LogP contribution is 2.19. The minimum Gasteiger partial charge on any atom is -0.334 e.